The Morgan fingerprint density at radius 3 is 2.50 bits per heavy atom. The minimum absolute atomic E-state index is 0.0897. The first-order valence-corrected chi connectivity index (χ1v) is 9.47. The van der Waals surface area contributed by atoms with Crippen LogP contribution in [0, 0.1) is 0 Å². The Morgan fingerprint density at radius 2 is 1.80 bits per heavy atom. The van der Waals surface area contributed by atoms with Crippen molar-refractivity contribution in [3.63, 3.8) is 0 Å². The highest BCUT2D eigenvalue weighted by Gasteiger charge is 2.29. The van der Waals surface area contributed by atoms with Gasteiger partial charge < -0.3 is 19.5 Å². The third-order valence-corrected chi connectivity index (χ3v) is 4.77. The highest BCUT2D eigenvalue weighted by molar-refractivity contribution is 7.13. The minimum atomic E-state index is -4.49. The Labute approximate surface area is 174 Å². The summed E-state index contributed by atoms with van der Waals surface area (Å²) in [7, 11) is 3.02. The van der Waals surface area contributed by atoms with E-state index in [-0.39, 0.29) is 17.1 Å². The lowest BCUT2D eigenvalue weighted by molar-refractivity contribution is -0.153. The first-order valence-electron chi connectivity index (χ1n) is 8.59. The van der Waals surface area contributed by atoms with Gasteiger partial charge in [0.2, 0.25) is 0 Å². The number of methoxy groups -OCH3 is 2. The van der Waals surface area contributed by atoms with Crippen molar-refractivity contribution in [1.29, 1.82) is 0 Å². The Hall–Kier alpha value is -3.27. The van der Waals surface area contributed by atoms with Crippen LogP contribution >= 0.6 is 11.3 Å². The lowest BCUT2D eigenvalue weighted by Crippen LogP contribution is -2.20. The molecule has 1 N–H and O–H groups in total. The van der Waals surface area contributed by atoms with Gasteiger partial charge in [-0.3, -0.25) is 4.79 Å². The Balaban J connectivity index is 1.81. The van der Waals surface area contributed by atoms with Gasteiger partial charge in [0.05, 0.1) is 25.5 Å². The van der Waals surface area contributed by atoms with Gasteiger partial charge in [-0.15, -0.1) is 11.3 Å². The minimum Gasteiger partial charge on any atom is -0.493 e. The molecule has 0 saturated heterocycles. The molecule has 0 atom stereocenters. The number of halogens is 3. The molecule has 0 bridgehead atoms. The van der Waals surface area contributed by atoms with Gasteiger partial charge >= 0.3 is 6.18 Å². The van der Waals surface area contributed by atoms with Gasteiger partial charge in [0.25, 0.3) is 5.91 Å². The quantitative estimate of drug-likeness (QED) is 0.561. The molecule has 3 aromatic rings. The summed E-state index contributed by atoms with van der Waals surface area (Å²) in [5.74, 6) is 0.328. The zero-order valence-corrected chi connectivity index (χ0v) is 16.8. The highest BCUT2D eigenvalue weighted by atomic mass is 32.1. The summed E-state index contributed by atoms with van der Waals surface area (Å²) in [6.45, 7) is -1.46. The van der Waals surface area contributed by atoms with E-state index in [1.165, 1.54) is 43.8 Å². The second kappa shape index (κ2) is 9.04. The van der Waals surface area contributed by atoms with Crippen LogP contribution in [0.5, 0.6) is 17.2 Å². The molecular weight excluding hydrogens is 421 g/mol. The first kappa shape index (κ1) is 21.4. The number of aromatic nitrogens is 1. The van der Waals surface area contributed by atoms with E-state index in [0.29, 0.717) is 22.1 Å². The van der Waals surface area contributed by atoms with Gasteiger partial charge in [0.1, 0.15) is 16.5 Å². The topological polar surface area (TPSA) is 69.7 Å². The van der Waals surface area contributed by atoms with E-state index < -0.39 is 18.7 Å². The highest BCUT2D eigenvalue weighted by Crippen LogP contribution is 2.39. The van der Waals surface area contributed by atoms with Crippen molar-refractivity contribution in [3.8, 4) is 27.8 Å². The molecule has 30 heavy (non-hydrogen) atoms. The molecule has 3 rings (SSSR count). The van der Waals surface area contributed by atoms with Gasteiger partial charge in [0.15, 0.2) is 18.1 Å². The van der Waals surface area contributed by atoms with E-state index in [9.17, 15) is 18.0 Å². The summed E-state index contributed by atoms with van der Waals surface area (Å²) in [5, 5.41) is 4.61. The molecule has 2 aromatic carbocycles. The van der Waals surface area contributed by atoms with E-state index in [4.69, 9.17) is 14.2 Å². The summed E-state index contributed by atoms with van der Waals surface area (Å²) in [6.07, 6.45) is -4.49. The number of nitrogens with one attached hydrogen (secondary N) is 1. The number of para-hydroxylation sites is 3. The molecule has 0 aliphatic carbocycles. The second-order valence-electron chi connectivity index (χ2n) is 5.93. The van der Waals surface area contributed by atoms with Gasteiger partial charge in [0, 0.05) is 5.38 Å². The predicted octanol–water partition coefficient (Wildman–Crippen LogP) is 5.02. The van der Waals surface area contributed by atoms with Crippen LogP contribution in [0.15, 0.2) is 47.8 Å². The third-order valence-electron chi connectivity index (χ3n) is 3.90. The lowest BCUT2D eigenvalue weighted by Gasteiger charge is -2.13. The second-order valence-corrected chi connectivity index (χ2v) is 6.79. The number of amides is 1. The van der Waals surface area contributed by atoms with Gasteiger partial charge in [-0.2, -0.15) is 13.2 Å². The maximum Gasteiger partial charge on any atom is 0.422 e. The molecule has 0 aliphatic heterocycles. The van der Waals surface area contributed by atoms with Gasteiger partial charge in [-0.05, 0) is 24.3 Å². The average molecular weight is 438 g/mol. The SMILES string of the molecule is COc1cccc(-c2nc(C(=O)Nc3ccccc3OCC(F)(F)F)cs2)c1OC. The molecule has 1 amide bonds. The number of carbonyl (C=O) groups is 1. The standard InChI is InChI=1S/C20H17F3N2O4S/c1-27-16-9-5-6-12(17(16)28-2)19-25-14(10-30-19)18(26)24-13-7-3-4-8-15(13)29-11-20(21,22)23/h3-10H,11H2,1-2H3,(H,24,26). The molecule has 1 heterocycles. The molecular formula is C20H17F3N2O4S. The maximum absolute atomic E-state index is 12.6. The zero-order chi connectivity index (χ0) is 21.7. The molecule has 0 radical (unpaired) electrons. The van der Waals surface area contributed by atoms with Crippen molar-refractivity contribution in [3.05, 3.63) is 53.5 Å². The fourth-order valence-corrected chi connectivity index (χ4v) is 3.42. The van der Waals surface area contributed by atoms with Crippen molar-refractivity contribution in [2.45, 2.75) is 6.18 Å². The molecule has 0 fully saturated rings. The van der Waals surface area contributed by atoms with E-state index in [0.717, 1.165) is 0 Å². The molecule has 0 unspecified atom stereocenters. The number of alkyl halides is 3. The molecule has 6 nitrogen and oxygen atoms in total. The van der Waals surface area contributed by atoms with Crippen molar-refractivity contribution < 1.29 is 32.2 Å². The maximum atomic E-state index is 12.6. The molecule has 10 heteroatoms. The van der Waals surface area contributed by atoms with Crippen molar-refractivity contribution in [2.75, 3.05) is 26.1 Å². The van der Waals surface area contributed by atoms with Crippen LogP contribution in [0.25, 0.3) is 10.6 Å². The normalized spacial score (nSPS) is 11.1. The van der Waals surface area contributed by atoms with Crippen molar-refractivity contribution in [1.82, 2.24) is 4.98 Å². The number of ether oxygens (including phenoxy) is 3. The largest absolute Gasteiger partial charge is 0.493 e. The molecule has 0 spiro atoms. The van der Waals surface area contributed by atoms with Crippen LogP contribution in [-0.2, 0) is 0 Å². The number of benzene rings is 2. The van der Waals surface area contributed by atoms with Gasteiger partial charge in [-0.1, -0.05) is 18.2 Å². The van der Waals surface area contributed by atoms with E-state index in [1.807, 2.05) is 0 Å². The lowest BCUT2D eigenvalue weighted by atomic mass is 10.2. The van der Waals surface area contributed by atoms with E-state index >= 15 is 0 Å². The van der Waals surface area contributed by atoms with Crippen molar-refractivity contribution >= 4 is 22.9 Å². The fourth-order valence-electron chi connectivity index (χ4n) is 2.60. The number of hydrogen-bond acceptors (Lipinski definition) is 6. The summed E-state index contributed by atoms with van der Waals surface area (Å²) in [4.78, 5) is 16.9. The van der Waals surface area contributed by atoms with E-state index in [1.54, 1.807) is 29.6 Å². The third kappa shape index (κ3) is 5.01. The van der Waals surface area contributed by atoms with Crippen LogP contribution in [0.3, 0.4) is 0 Å². The number of thiazole rings is 1. The average Bonchev–Trinajstić information content (AvgIpc) is 3.22. The number of carbonyl (C=O) groups excluding carboxylic acids is 1. The number of hydrogen-bond donors (Lipinski definition) is 1. The van der Waals surface area contributed by atoms with Crippen LogP contribution in [0.4, 0.5) is 18.9 Å². The van der Waals surface area contributed by atoms with Crippen LogP contribution in [-0.4, -0.2) is 37.9 Å². The molecule has 0 saturated carbocycles. The number of anilines is 1. The Kier molecular flexibility index (Phi) is 6.46. The van der Waals surface area contributed by atoms with Crippen LogP contribution < -0.4 is 19.5 Å². The van der Waals surface area contributed by atoms with Crippen molar-refractivity contribution in [2.24, 2.45) is 0 Å². The molecule has 0 aliphatic rings. The van der Waals surface area contributed by atoms with Gasteiger partial charge in [-0.25, -0.2) is 4.98 Å². The first-order chi connectivity index (χ1) is 14.3. The van der Waals surface area contributed by atoms with Crippen LogP contribution in [0.1, 0.15) is 10.5 Å². The Bertz CT molecular complexity index is 1040. The summed E-state index contributed by atoms with van der Waals surface area (Å²) >= 11 is 1.22. The number of nitrogens with zero attached hydrogens (tertiary/aromatic N) is 1. The number of rotatable bonds is 7. The van der Waals surface area contributed by atoms with E-state index in [2.05, 4.69) is 10.3 Å². The van der Waals surface area contributed by atoms with Crippen LogP contribution in [0.2, 0.25) is 0 Å². The summed E-state index contributed by atoms with van der Waals surface area (Å²) in [5.41, 5.74) is 0.862. The Morgan fingerprint density at radius 1 is 1.07 bits per heavy atom. The summed E-state index contributed by atoms with van der Waals surface area (Å²) < 4.78 is 52.8. The summed E-state index contributed by atoms with van der Waals surface area (Å²) in [6, 6.07) is 11.2. The molecule has 158 valence electrons. The fraction of sp³-hybridized carbons (Fsp3) is 0.200. The molecule has 1 aromatic heterocycles. The predicted molar refractivity (Wildman–Crippen MR) is 107 cm³/mol. The smallest absolute Gasteiger partial charge is 0.422 e. The zero-order valence-electron chi connectivity index (χ0n) is 15.9. The monoisotopic (exact) mass is 438 g/mol.